The maximum Gasteiger partial charge on any atom is 0.240 e. The number of methoxy groups -OCH3 is 1. The molecule has 0 aromatic heterocycles. The standard InChI is InChI=1S/C20H34N4O5S.HI/c1-4-21-20(24-16(2)14-29-18-8-10-28-15-18)22-13-17-6-5-7-19(12-17)30(25,26)23-9-11-27-3;/h5-7,12,16,18,23H,4,8-11,13-15H2,1-3H3,(H2,21,22,24);1H. The summed E-state index contributed by atoms with van der Waals surface area (Å²) in [7, 11) is -2.05. The van der Waals surface area contributed by atoms with Crippen LogP contribution in [0.15, 0.2) is 34.2 Å². The Morgan fingerprint density at radius 2 is 2.19 bits per heavy atom. The molecule has 0 amide bonds. The number of nitrogens with zero attached hydrogens (tertiary/aromatic N) is 1. The van der Waals surface area contributed by atoms with E-state index in [1.54, 1.807) is 18.2 Å². The lowest BCUT2D eigenvalue weighted by Gasteiger charge is -2.19. The molecule has 0 radical (unpaired) electrons. The minimum Gasteiger partial charge on any atom is -0.383 e. The first kappa shape index (κ1) is 28.0. The minimum absolute atomic E-state index is 0. The first-order chi connectivity index (χ1) is 14.4. The normalized spacial score (nSPS) is 17.8. The molecule has 1 aromatic rings. The molecule has 9 nitrogen and oxygen atoms in total. The molecule has 1 aliphatic heterocycles. The monoisotopic (exact) mass is 570 g/mol. The van der Waals surface area contributed by atoms with Crippen LogP contribution >= 0.6 is 24.0 Å². The largest absolute Gasteiger partial charge is 0.383 e. The van der Waals surface area contributed by atoms with E-state index in [9.17, 15) is 8.42 Å². The van der Waals surface area contributed by atoms with Crippen LogP contribution in [0.2, 0.25) is 0 Å². The van der Waals surface area contributed by atoms with E-state index in [0.717, 1.165) is 18.6 Å². The van der Waals surface area contributed by atoms with E-state index in [0.29, 0.717) is 38.9 Å². The first-order valence-corrected chi connectivity index (χ1v) is 11.7. The fraction of sp³-hybridized carbons (Fsp3) is 0.650. The van der Waals surface area contributed by atoms with Crippen molar-refractivity contribution in [1.29, 1.82) is 0 Å². The van der Waals surface area contributed by atoms with E-state index in [4.69, 9.17) is 14.2 Å². The third-order valence-corrected chi connectivity index (χ3v) is 5.88. The summed E-state index contributed by atoms with van der Waals surface area (Å²) in [5.41, 5.74) is 0.800. The number of hydrogen-bond donors (Lipinski definition) is 3. The maximum absolute atomic E-state index is 12.4. The topological polar surface area (TPSA) is 110 Å². The van der Waals surface area contributed by atoms with E-state index >= 15 is 0 Å². The molecule has 11 heteroatoms. The van der Waals surface area contributed by atoms with E-state index in [2.05, 4.69) is 20.3 Å². The molecular formula is C20H35IN4O5S. The van der Waals surface area contributed by atoms with Crippen LogP contribution in [-0.4, -0.2) is 73.1 Å². The Morgan fingerprint density at radius 3 is 2.87 bits per heavy atom. The van der Waals surface area contributed by atoms with Crippen LogP contribution < -0.4 is 15.4 Å². The van der Waals surface area contributed by atoms with Crippen LogP contribution in [0.5, 0.6) is 0 Å². The van der Waals surface area contributed by atoms with Gasteiger partial charge in [-0.2, -0.15) is 0 Å². The zero-order valence-corrected chi connectivity index (χ0v) is 21.6. The molecule has 1 saturated heterocycles. The fourth-order valence-electron chi connectivity index (χ4n) is 2.86. The molecule has 178 valence electrons. The number of rotatable bonds is 12. The highest BCUT2D eigenvalue weighted by atomic mass is 127. The molecule has 2 unspecified atom stereocenters. The zero-order valence-electron chi connectivity index (χ0n) is 18.4. The molecule has 31 heavy (non-hydrogen) atoms. The van der Waals surface area contributed by atoms with Crippen LogP contribution in [-0.2, 0) is 30.8 Å². The summed E-state index contributed by atoms with van der Waals surface area (Å²) in [6.45, 7) is 7.59. The van der Waals surface area contributed by atoms with E-state index in [-0.39, 0.29) is 47.6 Å². The van der Waals surface area contributed by atoms with Gasteiger partial charge in [0.05, 0.1) is 37.4 Å². The lowest BCUT2D eigenvalue weighted by molar-refractivity contribution is 0.0347. The summed E-state index contributed by atoms with van der Waals surface area (Å²) < 4.78 is 43.3. The average Bonchev–Trinajstić information content (AvgIpc) is 3.25. The quantitative estimate of drug-likeness (QED) is 0.151. The molecule has 0 aliphatic carbocycles. The lowest BCUT2D eigenvalue weighted by atomic mass is 10.2. The van der Waals surface area contributed by atoms with Gasteiger partial charge in [0.2, 0.25) is 10.0 Å². The van der Waals surface area contributed by atoms with Crippen LogP contribution in [0.25, 0.3) is 0 Å². The number of aliphatic imine (C=N–C) groups is 1. The Balaban J connectivity index is 0.00000480. The van der Waals surface area contributed by atoms with Crippen molar-refractivity contribution in [3.8, 4) is 0 Å². The highest BCUT2D eigenvalue weighted by molar-refractivity contribution is 14.0. The maximum atomic E-state index is 12.4. The minimum atomic E-state index is -3.57. The molecule has 1 aromatic carbocycles. The SMILES string of the molecule is CCNC(=NCc1cccc(S(=O)(=O)NCCOC)c1)NC(C)COC1CCOC1.I. The van der Waals surface area contributed by atoms with Crippen molar-refractivity contribution in [3.05, 3.63) is 29.8 Å². The predicted molar refractivity (Wildman–Crippen MR) is 132 cm³/mol. The van der Waals surface area contributed by atoms with Gasteiger partial charge in [-0.05, 0) is 38.0 Å². The van der Waals surface area contributed by atoms with Crippen LogP contribution in [0.3, 0.4) is 0 Å². The van der Waals surface area contributed by atoms with E-state index < -0.39 is 10.0 Å². The molecule has 2 atom stereocenters. The highest BCUT2D eigenvalue weighted by Gasteiger charge is 2.17. The third kappa shape index (κ3) is 10.4. The summed E-state index contributed by atoms with van der Waals surface area (Å²) >= 11 is 0. The molecular weight excluding hydrogens is 535 g/mol. The second kappa shape index (κ2) is 15.0. The van der Waals surface area contributed by atoms with Gasteiger partial charge in [0.1, 0.15) is 0 Å². The van der Waals surface area contributed by atoms with Gasteiger partial charge in [0.25, 0.3) is 0 Å². The number of sulfonamides is 1. The number of halogens is 1. The Kier molecular flexibility index (Phi) is 13.5. The number of hydrogen-bond acceptors (Lipinski definition) is 6. The van der Waals surface area contributed by atoms with Gasteiger partial charge in [-0.15, -0.1) is 24.0 Å². The van der Waals surface area contributed by atoms with E-state index in [1.165, 1.54) is 7.11 Å². The van der Waals surface area contributed by atoms with Gasteiger partial charge in [0, 0.05) is 32.8 Å². The van der Waals surface area contributed by atoms with Crippen LogP contribution in [0, 0.1) is 0 Å². The number of guanidine groups is 1. The number of ether oxygens (including phenoxy) is 3. The molecule has 1 heterocycles. The Bertz CT molecular complexity index is 773. The van der Waals surface area contributed by atoms with Crippen LogP contribution in [0.1, 0.15) is 25.8 Å². The first-order valence-electron chi connectivity index (χ1n) is 10.3. The average molecular weight is 570 g/mol. The summed E-state index contributed by atoms with van der Waals surface area (Å²) in [5, 5.41) is 6.52. The van der Waals surface area contributed by atoms with Gasteiger partial charge in [-0.25, -0.2) is 18.1 Å². The molecule has 1 aliphatic rings. The van der Waals surface area contributed by atoms with Gasteiger partial charge >= 0.3 is 0 Å². The summed E-state index contributed by atoms with van der Waals surface area (Å²) in [4.78, 5) is 4.79. The zero-order chi connectivity index (χ0) is 21.8. The molecule has 3 N–H and O–H groups in total. The molecule has 1 fully saturated rings. The van der Waals surface area contributed by atoms with Crippen molar-refractivity contribution in [2.75, 3.05) is 46.6 Å². The molecule has 0 spiro atoms. The molecule has 2 rings (SSSR count). The molecule has 0 bridgehead atoms. The van der Waals surface area contributed by atoms with Crippen molar-refractivity contribution in [1.82, 2.24) is 15.4 Å². The van der Waals surface area contributed by atoms with Crippen molar-refractivity contribution in [2.24, 2.45) is 4.99 Å². The van der Waals surface area contributed by atoms with Crippen molar-refractivity contribution in [2.45, 2.75) is 43.9 Å². The van der Waals surface area contributed by atoms with Crippen molar-refractivity contribution in [3.63, 3.8) is 0 Å². The second-order valence-corrected chi connectivity index (χ2v) is 8.86. The summed E-state index contributed by atoms with van der Waals surface area (Å²) in [5.74, 6) is 0.655. The predicted octanol–water partition coefficient (Wildman–Crippen LogP) is 1.48. The Labute approximate surface area is 202 Å². The number of benzene rings is 1. The highest BCUT2D eigenvalue weighted by Crippen LogP contribution is 2.12. The van der Waals surface area contributed by atoms with Gasteiger partial charge < -0.3 is 24.8 Å². The Morgan fingerprint density at radius 1 is 1.39 bits per heavy atom. The second-order valence-electron chi connectivity index (χ2n) is 7.10. The lowest BCUT2D eigenvalue weighted by Crippen LogP contribution is -2.44. The summed E-state index contributed by atoms with van der Waals surface area (Å²) in [6.07, 6.45) is 1.09. The number of nitrogens with one attached hydrogen (secondary N) is 3. The third-order valence-electron chi connectivity index (χ3n) is 4.42. The fourth-order valence-corrected chi connectivity index (χ4v) is 3.95. The van der Waals surface area contributed by atoms with E-state index in [1.807, 2.05) is 19.9 Å². The van der Waals surface area contributed by atoms with Gasteiger partial charge in [-0.3, -0.25) is 0 Å². The van der Waals surface area contributed by atoms with Crippen molar-refractivity contribution < 1.29 is 22.6 Å². The Hall–Kier alpha value is -0.990. The van der Waals surface area contributed by atoms with Crippen molar-refractivity contribution >= 4 is 40.0 Å². The van der Waals surface area contributed by atoms with Gasteiger partial charge in [-0.1, -0.05) is 12.1 Å². The van der Waals surface area contributed by atoms with Crippen LogP contribution in [0.4, 0.5) is 0 Å². The smallest absolute Gasteiger partial charge is 0.240 e. The summed E-state index contributed by atoms with van der Waals surface area (Å²) in [6, 6.07) is 6.84. The molecule has 0 saturated carbocycles. The van der Waals surface area contributed by atoms with Gasteiger partial charge in [0.15, 0.2) is 5.96 Å².